The number of aliphatic hydroxyl groups is 1. The molecule has 5 nitrogen and oxygen atoms in total. The molecule has 1 saturated carbocycles. The number of aliphatic hydroxyl groups excluding tert-OH is 1. The largest absolute Gasteiger partial charge is 0.390 e. The van der Waals surface area contributed by atoms with Crippen LogP contribution in [0.25, 0.3) is 10.4 Å². The van der Waals surface area contributed by atoms with E-state index in [0.717, 1.165) is 25.7 Å². The second kappa shape index (κ2) is 5.86. The Labute approximate surface area is 83.7 Å². The molecule has 0 aromatic rings. The van der Waals surface area contributed by atoms with Gasteiger partial charge in [0.05, 0.1) is 18.2 Å². The Morgan fingerprint density at radius 2 is 2.36 bits per heavy atom. The Kier molecular flexibility index (Phi) is 4.73. The minimum absolute atomic E-state index is 0.142. The van der Waals surface area contributed by atoms with Crippen molar-refractivity contribution in [3.63, 3.8) is 0 Å². The highest BCUT2D eigenvalue weighted by atomic mass is 16.5. The van der Waals surface area contributed by atoms with Crippen LogP contribution < -0.4 is 0 Å². The van der Waals surface area contributed by atoms with Gasteiger partial charge in [-0.1, -0.05) is 18.5 Å². The zero-order chi connectivity index (χ0) is 10.4. The first-order valence-electron chi connectivity index (χ1n) is 5.13. The minimum Gasteiger partial charge on any atom is -0.390 e. The van der Waals surface area contributed by atoms with Gasteiger partial charge in [0.25, 0.3) is 0 Å². The lowest BCUT2D eigenvalue weighted by Crippen LogP contribution is -2.29. The van der Waals surface area contributed by atoms with Gasteiger partial charge >= 0.3 is 0 Å². The maximum atomic E-state index is 9.69. The topological polar surface area (TPSA) is 78.2 Å². The number of hydrogen-bond acceptors (Lipinski definition) is 3. The lowest BCUT2D eigenvalue weighted by Gasteiger charge is -2.17. The van der Waals surface area contributed by atoms with Crippen LogP contribution in [0.2, 0.25) is 0 Å². The molecule has 0 aliphatic heterocycles. The van der Waals surface area contributed by atoms with Crippen LogP contribution >= 0.6 is 0 Å². The molecule has 0 radical (unpaired) electrons. The van der Waals surface area contributed by atoms with Gasteiger partial charge < -0.3 is 9.84 Å². The molecule has 0 aromatic heterocycles. The monoisotopic (exact) mass is 199 g/mol. The van der Waals surface area contributed by atoms with E-state index in [1.54, 1.807) is 0 Å². The number of rotatable bonds is 5. The van der Waals surface area contributed by atoms with Gasteiger partial charge in [-0.3, -0.25) is 0 Å². The van der Waals surface area contributed by atoms with Crippen LogP contribution in [0.1, 0.15) is 32.6 Å². The van der Waals surface area contributed by atoms with Gasteiger partial charge in [0.15, 0.2) is 0 Å². The second-order valence-corrected chi connectivity index (χ2v) is 3.60. The summed E-state index contributed by atoms with van der Waals surface area (Å²) in [5, 5.41) is 13.2. The van der Waals surface area contributed by atoms with Crippen LogP contribution in [0.4, 0.5) is 0 Å². The highest BCUT2D eigenvalue weighted by molar-refractivity contribution is 4.90. The van der Waals surface area contributed by atoms with Gasteiger partial charge in [0, 0.05) is 11.5 Å². The fraction of sp³-hybridized carbons (Fsp3) is 1.00. The molecule has 80 valence electrons. The molecule has 0 aromatic carbocycles. The van der Waals surface area contributed by atoms with Crippen LogP contribution in [-0.2, 0) is 4.74 Å². The van der Waals surface area contributed by atoms with E-state index in [1.807, 2.05) is 0 Å². The molecule has 3 atom stereocenters. The molecular formula is C9H17N3O2. The van der Waals surface area contributed by atoms with E-state index < -0.39 is 6.10 Å². The molecule has 1 aliphatic rings. The van der Waals surface area contributed by atoms with Crippen molar-refractivity contribution < 1.29 is 9.84 Å². The van der Waals surface area contributed by atoms with E-state index in [0.29, 0.717) is 6.61 Å². The summed E-state index contributed by atoms with van der Waals surface area (Å²) in [4.78, 5) is 2.71. The zero-order valence-corrected chi connectivity index (χ0v) is 8.46. The molecule has 0 heterocycles. The molecule has 1 aliphatic carbocycles. The number of hydrogen-bond donors (Lipinski definition) is 1. The Morgan fingerprint density at radius 1 is 1.57 bits per heavy atom. The molecule has 1 unspecified atom stereocenters. The molecule has 1 fully saturated rings. The molecule has 1 N–H and O–H groups in total. The normalized spacial score (nSPS) is 31.4. The van der Waals surface area contributed by atoms with Crippen molar-refractivity contribution in [2.45, 2.75) is 50.9 Å². The van der Waals surface area contributed by atoms with Gasteiger partial charge in [-0.05, 0) is 24.8 Å². The number of nitrogens with zero attached hydrogens (tertiary/aromatic N) is 3. The summed E-state index contributed by atoms with van der Waals surface area (Å²) in [7, 11) is 0. The zero-order valence-electron chi connectivity index (χ0n) is 8.46. The first-order chi connectivity index (χ1) is 6.79. The molecule has 0 amide bonds. The van der Waals surface area contributed by atoms with E-state index in [9.17, 15) is 5.11 Å². The third-order valence-electron chi connectivity index (χ3n) is 2.55. The van der Waals surface area contributed by atoms with Gasteiger partial charge in [0.2, 0.25) is 0 Å². The van der Waals surface area contributed by atoms with Crippen LogP contribution in [0.5, 0.6) is 0 Å². The summed E-state index contributed by atoms with van der Waals surface area (Å²) in [6.45, 7) is 2.78. The van der Waals surface area contributed by atoms with Crippen molar-refractivity contribution in [1.29, 1.82) is 0 Å². The maximum Gasteiger partial charge on any atom is 0.0886 e. The Balaban J connectivity index is 2.31. The Morgan fingerprint density at radius 3 is 3.00 bits per heavy atom. The predicted octanol–water partition coefficient (Wildman–Crippen LogP) is 2.01. The molecule has 0 saturated heterocycles. The minimum atomic E-state index is -0.622. The SMILES string of the molecule is CCCCO[C@H]1CC[C@@H](N=[N+]=[N-])C1O. The quantitative estimate of drug-likeness (QED) is 0.318. The molecule has 1 rings (SSSR count). The third kappa shape index (κ3) is 2.87. The smallest absolute Gasteiger partial charge is 0.0886 e. The average Bonchev–Trinajstić information content (AvgIpc) is 2.51. The van der Waals surface area contributed by atoms with E-state index >= 15 is 0 Å². The summed E-state index contributed by atoms with van der Waals surface area (Å²) in [6, 6.07) is -0.299. The third-order valence-corrected chi connectivity index (χ3v) is 2.55. The molecule has 0 bridgehead atoms. The Bertz CT molecular complexity index is 216. The number of azide groups is 1. The average molecular weight is 199 g/mol. The van der Waals surface area contributed by atoms with Crippen LogP contribution in [0.15, 0.2) is 5.11 Å². The van der Waals surface area contributed by atoms with Crippen LogP contribution in [0.3, 0.4) is 0 Å². The summed E-state index contributed by atoms with van der Waals surface area (Å²) in [6.07, 6.45) is 2.84. The summed E-state index contributed by atoms with van der Waals surface area (Å²) >= 11 is 0. The van der Waals surface area contributed by atoms with E-state index in [4.69, 9.17) is 10.3 Å². The van der Waals surface area contributed by atoms with E-state index in [2.05, 4.69) is 16.9 Å². The maximum absolute atomic E-state index is 9.69. The van der Waals surface area contributed by atoms with Gasteiger partial charge in [-0.15, -0.1) is 0 Å². The molecular weight excluding hydrogens is 182 g/mol. The van der Waals surface area contributed by atoms with Crippen molar-refractivity contribution in [3.8, 4) is 0 Å². The van der Waals surface area contributed by atoms with Gasteiger partial charge in [-0.2, -0.15) is 0 Å². The predicted molar refractivity (Wildman–Crippen MR) is 52.8 cm³/mol. The Hall–Kier alpha value is -0.770. The van der Waals surface area contributed by atoms with Crippen LogP contribution in [-0.4, -0.2) is 30.0 Å². The fourth-order valence-electron chi connectivity index (χ4n) is 1.68. The standard InChI is InChI=1S/C9H17N3O2/c1-2-3-6-14-8-5-4-7(9(8)13)11-12-10/h7-9,13H,2-6H2,1H3/t7-,8+,9?/m1/s1. The molecule has 5 heteroatoms. The van der Waals surface area contributed by atoms with Gasteiger partial charge in [-0.25, -0.2) is 0 Å². The van der Waals surface area contributed by atoms with Crippen molar-refractivity contribution >= 4 is 0 Å². The van der Waals surface area contributed by atoms with Crippen molar-refractivity contribution in [2.24, 2.45) is 5.11 Å². The highest BCUT2D eigenvalue weighted by Crippen LogP contribution is 2.25. The lowest BCUT2D eigenvalue weighted by molar-refractivity contribution is -0.0235. The van der Waals surface area contributed by atoms with E-state index in [-0.39, 0.29) is 12.1 Å². The fourth-order valence-corrected chi connectivity index (χ4v) is 1.68. The number of ether oxygens (including phenoxy) is 1. The van der Waals surface area contributed by atoms with Crippen molar-refractivity contribution in [3.05, 3.63) is 10.4 Å². The molecule has 0 spiro atoms. The van der Waals surface area contributed by atoms with Crippen LogP contribution in [0, 0.1) is 0 Å². The first kappa shape index (κ1) is 11.3. The summed E-state index contributed by atoms with van der Waals surface area (Å²) < 4.78 is 5.50. The van der Waals surface area contributed by atoms with Crippen molar-refractivity contribution in [2.75, 3.05) is 6.61 Å². The first-order valence-corrected chi connectivity index (χ1v) is 5.13. The lowest BCUT2D eigenvalue weighted by atomic mass is 10.2. The number of unbranched alkanes of at least 4 members (excludes halogenated alkanes) is 1. The molecule has 14 heavy (non-hydrogen) atoms. The van der Waals surface area contributed by atoms with E-state index in [1.165, 1.54) is 0 Å². The highest BCUT2D eigenvalue weighted by Gasteiger charge is 2.34. The van der Waals surface area contributed by atoms with Crippen molar-refractivity contribution in [1.82, 2.24) is 0 Å². The second-order valence-electron chi connectivity index (χ2n) is 3.60. The summed E-state index contributed by atoms with van der Waals surface area (Å²) in [5.41, 5.74) is 8.25. The summed E-state index contributed by atoms with van der Waals surface area (Å²) in [5.74, 6) is 0. The van der Waals surface area contributed by atoms with Gasteiger partial charge in [0.1, 0.15) is 0 Å².